The number of nitrogens with one attached hydrogen (secondary N) is 2. The molecule has 0 aliphatic rings. The van der Waals surface area contributed by atoms with E-state index in [-0.39, 0.29) is 4.21 Å². The van der Waals surface area contributed by atoms with Crippen molar-refractivity contribution >= 4 is 44.9 Å². The number of benzene rings is 3. The minimum absolute atomic E-state index is 0.227. The Kier molecular flexibility index (Phi) is 8.14. The summed E-state index contributed by atoms with van der Waals surface area (Å²) >= 11 is 1.13. The van der Waals surface area contributed by atoms with Gasteiger partial charge < -0.3 is 4.90 Å². The Morgan fingerprint density at radius 3 is 2.31 bits per heavy atom. The van der Waals surface area contributed by atoms with Crippen molar-refractivity contribution in [3.63, 3.8) is 0 Å². The van der Waals surface area contributed by atoms with Crippen molar-refractivity contribution in [3.8, 4) is 0 Å². The van der Waals surface area contributed by atoms with Crippen LogP contribution in [0.4, 0.5) is 11.4 Å². The molecule has 0 unspecified atom stereocenters. The molecule has 0 fully saturated rings. The van der Waals surface area contributed by atoms with Crippen LogP contribution in [-0.2, 0) is 16.6 Å². The highest BCUT2D eigenvalue weighted by molar-refractivity contribution is 7.94. The van der Waals surface area contributed by atoms with Crippen LogP contribution in [0.1, 0.15) is 28.4 Å². The maximum atomic E-state index is 12.4. The van der Waals surface area contributed by atoms with Gasteiger partial charge in [-0.15, -0.1) is 11.3 Å². The Balaban J connectivity index is 1.31. The van der Waals surface area contributed by atoms with Crippen molar-refractivity contribution in [3.05, 3.63) is 113 Å². The summed E-state index contributed by atoms with van der Waals surface area (Å²) in [6.45, 7) is 3.83. The fourth-order valence-electron chi connectivity index (χ4n) is 3.50. The molecule has 7 nitrogen and oxygen atoms in total. The first-order valence-corrected chi connectivity index (χ1v) is 13.7. The Labute approximate surface area is 215 Å². The molecule has 1 amide bonds. The van der Waals surface area contributed by atoms with E-state index in [9.17, 15) is 13.2 Å². The molecule has 184 valence electrons. The zero-order valence-electron chi connectivity index (χ0n) is 19.7. The lowest BCUT2D eigenvalue weighted by atomic mass is 10.1. The average molecular weight is 519 g/mol. The first kappa shape index (κ1) is 25.2. The van der Waals surface area contributed by atoms with Crippen molar-refractivity contribution in [1.29, 1.82) is 0 Å². The van der Waals surface area contributed by atoms with Gasteiger partial charge in [-0.2, -0.15) is 5.10 Å². The number of hydrazone groups is 1. The van der Waals surface area contributed by atoms with E-state index in [2.05, 4.69) is 39.2 Å². The largest absolute Gasteiger partial charge is 0.367 e. The van der Waals surface area contributed by atoms with E-state index in [1.165, 1.54) is 35.9 Å². The van der Waals surface area contributed by atoms with Gasteiger partial charge in [-0.3, -0.25) is 9.52 Å². The number of hydrogen-bond donors (Lipinski definition) is 2. The van der Waals surface area contributed by atoms with Crippen LogP contribution in [-0.4, -0.2) is 27.1 Å². The monoisotopic (exact) mass is 518 g/mol. The Morgan fingerprint density at radius 1 is 0.944 bits per heavy atom. The fraction of sp³-hybridized carbons (Fsp3) is 0.111. The summed E-state index contributed by atoms with van der Waals surface area (Å²) in [7, 11) is -3.63. The van der Waals surface area contributed by atoms with Gasteiger partial charge in [0.15, 0.2) is 0 Å². The SMILES string of the molecule is CCN(Cc1ccccc1)c1ccc(/C=N/NC(=O)c2ccc(NS(=O)(=O)c3cccs3)cc2)cc1. The summed E-state index contributed by atoms with van der Waals surface area (Å²) in [5.41, 5.74) is 6.45. The predicted octanol–water partition coefficient (Wildman–Crippen LogP) is 5.34. The average Bonchev–Trinajstić information content (AvgIpc) is 3.45. The molecule has 0 saturated heterocycles. The second-order valence-electron chi connectivity index (χ2n) is 7.91. The molecule has 0 saturated carbocycles. The number of hydrogen-bond acceptors (Lipinski definition) is 6. The normalized spacial score (nSPS) is 11.4. The molecule has 36 heavy (non-hydrogen) atoms. The van der Waals surface area contributed by atoms with Crippen LogP contribution >= 0.6 is 11.3 Å². The molecule has 0 aliphatic heterocycles. The zero-order valence-corrected chi connectivity index (χ0v) is 21.3. The summed E-state index contributed by atoms with van der Waals surface area (Å²) in [5, 5.41) is 5.74. The van der Waals surface area contributed by atoms with Crippen LogP contribution < -0.4 is 15.0 Å². The van der Waals surface area contributed by atoms with Crippen molar-refractivity contribution < 1.29 is 13.2 Å². The third-order valence-electron chi connectivity index (χ3n) is 5.40. The summed E-state index contributed by atoms with van der Waals surface area (Å²) in [6.07, 6.45) is 1.58. The summed E-state index contributed by atoms with van der Waals surface area (Å²) < 4.78 is 27.4. The Hall–Kier alpha value is -3.95. The third kappa shape index (κ3) is 6.59. The van der Waals surface area contributed by atoms with Gasteiger partial charge in [0.1, 0.15) is 4.21 Å². The number of sulfonamides is 1. The maximum Gasteiger partial charge on any atom is 0.271 e. The van der Waals surface area contributed by atoms with E-state index < -0.39 is 15.9 Å². The number of nitrogens with zero attached hydrogens (tertiary/aromatic N) is 2. The van der Waals surface area contributed by atoms with Gasteiger partial charge in [-0.05, 0) is 65.9 Å². The Morgan fingerprint density at radius 2 is 1.67 bits per heavy atom. The van der Waals surface area contributed by atoms with Crippen LogP contribution in [0.3, 0.4) is 0 Å². The summed E-state index contributed by atoms with van der Waals surface area (Å²) in [6, 6.07) is 27.7. The maximum absolute atomic E-state index is 12.4. The number of carbonyl (C=O) groups is 1. The number of anilines is 2. The van der Waals surface area contributed by atoms with Crippen LogP contribution in [0.5, 0.6) is 0 Å². The number of rotatable bonds is 10. The number of carbonyl (C=O) groups excluding carboxylic acids is 1. The van der Waals surface area contributed by atoms with Crippen molar-refractivity contribution in [1.82, 2.24) is 5.43 Å². The molecule has 2 N–H and O–H groups in total. The first-order valence-electron chi connectivity index (χ1n) is 11.3. The van der Waals surface area contributed by atoms with Gasteiger partial charge in [-0.25, -0.2) is 13.8 Å². The second kappa shape index (κ2) is 11.7. The number of thiophene rings is 1. The molecule has 1 heterocycles. The molecule has 1 aromatic heterocycles. The first-order chi connectivity index (χ1) is 17.4. The van der Waals surface area contributed by atoms with Gasteiger partial charge >= 0.3 is 0 Å². The quantitative estimate of drug-likeness (QED) is 0.219. The van der Waals surface area contributed by atoms with Crippen LogP contribution in [0.2, 0.25) is 0 Å². The van der Waals surface area contributed by atoms with Gasteiger partial charge in [0, 0.05) is 30.0 Å². The smallest absolute Gasteiger partial charge is 0.271 e. The topological polar surface area (TPSA) is 90.9 Å². The standard InChI is InChI=1S/C27H26N4O3S2/c1-2-31(20-22-7-4-3-5-8-22)25-16-10-21(11-17-25)19-28-29-27(32)23-12-14-24(15-13-23)30-36(33,34)26-9-6-18-35-26/h3-19,30H,2,20H2,1H3,(H,29,32)/b28-19+. The van der Waals surface area contributed by atoms with Crippen molar-refractivity contribution in [2.45, 2.75) is 17.7 Å². The minimum atomic E-state index is -3.63. The molecule has 0 spiro atoms. The highest BCUT2D eigenvalue weighted by Crippen LogP contribution is 2.21. The number of amides is 1. The lowest BCUT2D eigenvalue weighted by Crippen LogP contribution is -2.21. The van der Waals surface area contributed by atoms with Crippen LogP contribution in [0.15, 0.2) is 106 Å². The van der Waals surface area contributed by atoms with E-state index in [1.807, 2.05) is 42.5 Å². The van der Waals surface area contributed by atoms with E-state index in [0.29, 0.717) is 11.3 Å². The van der Waals surface area contributed by atoms with E-state index in [0.717, 1.165) is 35.7 Å². The molecule has 4 aromatic rings. The molecular weight excluding hydrogens is 492 g/mol. The fourth-order valence-corrected chi connectivity index (χ4v) is 5.55. The van der Waals surface area contributed by atoms with E-state index in [1.54, 1.807) is 17.7 Å². The van der Waals surface area contributed by atoms with E-state index >= 15 is 0 Å². The third-order valence-corrected chi connectivity index (χ3v) is 8.17. The zero-order chi connectivity index (χ0) is 25.4. The van der Waals surface area contributed by atoms with Gasteiger partial charge in [0.2, 0.25) is 0 Å². The summed E-state index contributed by atoms with van der Waals surface area (Å²) in [5.74, 6) is -0.393. The molecular formula is C27H26N4O3S2. The van der Waals surface area contributed by atoms with Crippen molar-refractivity contribution in [2.24, 2.45) is 5.10 Å². The molecule has 0 radical (unpaired) electrons. The minimum Gasteiger partial charge on any atom is -0.367 e. The lowest BCUT2D eigenvalue weighted by molar-refractivity contribution is 0.0955. The summed E-state index contributed by atoms with van der Waals surface area (Å²) in [4.78, 5) is 14.7. The van der Waals surface area contributed by atoms with Crippen LogP contribution in [0.25, 0.3) is 0 Å². The predicted molar refractivity (Wildman–Crippen MR) is 146 cm³/mol. The molecule has 0 atom stereocenters. The lowest BCUT2D eigenvalue weighted by Gasteiger charge is -2.23. The van der Waals surface area contributed by atoms with E-state index in [4.69, 9.17) is 0 Å². The Bertz CT molecular complexity index is 1400. The van der Waals surface area contributed by atoms with Crippen LogP contribution in [0, 0.1) is 0 Å². The molecule has 0 aliphatic carbocycles. The highest BCUT2D eigenvalue weighted by Gasteiger charge is 2.15. The second-order valence-corrected chi connectivity index (χ2v) is 10.8. The molecule has 9 heteroatoms. The van der Waals surface area contributed by atoms with Gasteiger partial charge in [0.25, 0.3) is 15.9 Å². The molecule has 0 bridgehead atoms. The molecule has 3 aromatic carbocycles. The molecule has 4 rings (SSSR count). The van der Waals surface area contributed by atoms with Gasteiger partial charge in [0.05, 0.1) is 6.21 Å². The van der Waals surface area contributed by atoms with Crippen molar-refractivity contribution in [2.75, 3.05) is 16.2 Å². The highest BCUT2D eigenvalue weighted by atomic mass is 32.2. The van der Waals surface area contributed by atoms with Gasteiger partial charge in [-0.1, -0.05) is 48.5 Å².